The molecule has 6 atom stereocenters. The summed E-state index contributed by atoms with van der Waals surface area (Å²) < 4.78 is 0. The van der Waals surface area contributed by atoms with E-state index < -0.39 is 0 Å². The third kappa shape index (κ3) is 1.51. The van der Waals surface area contributed by atoms with Crippen molar-refractivity contribution in [3.05, 3.63) is 0 Å². The SMILES string of the molecule is C[C@@]12CCCC[C@]1(C)[C@]1(C)C(=O)C[C@]3(C)C(=O)CC[C@@H]3[C@]1(C)CC2. The molecular weight excluding hydrogens is 296 g/mol. The van der Waals surface area contributed by atoms with Crippen molar-refractivity contribution in [3.8, 4) is 0 Å². The van der Waals surface area contributed by atoms with Crippen molar-refractivity contribution in [2.45, 2.75) is 92.4 Å². The number of fused-ring (bicyclic) bond motifs is 5. The average Bonchev–Trinajstić information content (AvgIpc) is 2.81. The Labute approximate surface area is 147 Å². The summed E-state index contributed by atoms with van der Waals surface area (Å²) in [4.78, 5) is 26.4. The molecule has 4 fully saturated rings. The summed E-state index contributed by atoms with van der Waals surface area (Å²) in [6, 6.07) is 0. The van der Waals surface area contributed by atoms with Crippen molar-refractivity contribution in [1.82, 2.24) is 0 Å². The standard InChI is InChI=1S/C22H34O2/c1-18-10-6-7-11-21(18,4)22(5)17(24)14-19(2)15(8-9-16(19)23)20(22,3)13-12-18/h15H,6-14H2,1-5H3/t15-,18-,19-,20-,21-,22+/m0/s1. The van der Waals surface area contributed by atoms with E-state index in [1.807, 2.05) is 0 Å². The molecular formula is C22H34O2. The number of ketones is 2. The number of carbonyl (C=O) groups excluding carboxylic acids is 2. The van der Waals surface area contributed by atoms with Gasteiger partial charge >= 0.3 is 0 Å². The quantitative estimate of drug-likeness (QED) is 0.601. The molecule has 4 aliphatic carbocycles. The molecule has 4 saturated carbocycles. The van der Waals surface area contributed by atoms with Crippen LogP contribution in [0.3, 0.4) is 0 Å². The Kier molecular flexibility index (Phi) is 3.18. The fourth-order valence-corrected chi connectivity index (χ4v) is 8.22. The number of carbonyl (C=O) groups is 2. The molecule has 4 aliphatic rings. The van der Waals surface area contributed by atoms with Crippen LogP contribution in [0.5, 0.6) is 0 Å². The van der Waals surface area contributed by atoms with Crippen LogP contribution in [0.25, 0.3) is 0 Å². The second kappa shape index (κ2) is 4.54. The Morgan fingerprint density at radius 2 is 1.50 bits per heavy atom. The molecule has 0 N–H and O–H groups in total. The maximum Gasteiger partial charge on any atom is 0.140 e. The molecule has 0 aromatic rings. The van der Waals surface area contributed by atoms with Gasteiger partial charge in [0.05, 0.1) is 0 Å². The normalized spacial score (nSPS) is 57.3. The van der Waals surface area contributed by atoms with Crippen LogP contribution in [0.2, 0.25) is 0 Å². The van der Waals surface area contributed by atoms with Crippen molar-refractivity contribution in [2.24, 2.45) is 33.0 Å². The van der Waals surface area contributed by atoms with Gasteiger partial charge in [-0.05, 0) is 54.3 Å². The second-order valence-corrected chi connectivity index (χ2v) is 10.7. The lowest BCUT2D eigenvalue weighted by atomic mass is 9.30. The second-order valence-electron chi connectivity index (χ2n) is 10.7. The predicted octanol–water partition coefficient (Wildman–Crippen LogP) is 5.34. The van der Waals surface area contributed by atoms with E-state index >= 15 is 0 Å². The van der Waals surface area contributed by atoms with Gasteiger partial charge in [-0.3, -0.25) is 9.59 Å². The van der Waals surface area contributed by atoms with Gasteiger partial charge in [-0.15, -0.1) is 0 Å². The molecule has 2 nitrogen and oxygen atoms in total. The van der Waals surface area contributed by atoms with Crippen molar-refractivity contribution in [3.63, 3.8) is 0 Å². The molecule has 0 heterocycles. The van der Waals surface area contributed by atoms with E-state index in [0.717, 1.165) is 12.8 Å². The van der Waals surface area contributed by atoms with Crippen LogP contribution in [0.1, 0.15) is 92.4 Å². The first kappa shape index (κ1) is 16.8. The maximum absolute atomic E-state index is 13.7. The van der Waals surface area contributed by atoms with E-state index in [0.29, 0.717) is 30.3 Å². The molecule has 4 rings (SSSR count). The van der Waals surface area contributed by atoms with Crippen LogP contribution in [-0.2, 0) is 9.59 Å². The van der Waals surface area contributed by atoms with Crippen molar-refractivity contribution in [2.75, 3.05) is 0 Å². The highest BCUT2D eigenvalue weighted by Gasteiger charge is 2.75. The molecule has 0 aromatic heterocycles. The highest BCUT2D eigenvalue weighted by Crippen LogP contribution is 2.77. The molecule has 134 valence electrons. The summed E-state index contributed by atoms with van der Waals surface area (Å²) in [5, 5.41) is 0. The third-order valence-electron chi connectivity index (χ3n) is 10.4. The summed E-state index contributed by atoms with van der Waals surface area (Å²) in [5.41, 5.74) is -0.317. The monoisotopic (exact) mass is 330 g/mol. The fraction of sp³-hybridized carbons (Fsp3) is 0.909. The summed E-state index contributed by atoms with van der Waals surface area (Å²) in [5.74, 6) is 1.14. The highest BCUT2D eigenvalue weighted by molar-refractivity contribution is 5.97. The van der Waals surface area contributed by atoms with Gasteiger partial charge in [-0.2, -0.15) is 0 Å². The topological polar surface area (TPSA) is 34.1 Å². The Hall–Kier alpha value is -0.660. The largest absolute Gasteiger partial charge is 0.299 e. The average molecular weight is 331 g/mol. The van der Waals surface area contributed by atoms with Crippen molar-refractivity contribution < 1.29 is 9.59 Å². The van der Waals surface area contributed by atoms with Crippen LogP contribution in [-0.4, -0.2) is 11.6 Å². The number of rotatable bonds is 0. The van der Waals surface area contributed by atoms with Crippen LogP contribution in [0.4, 0.5) is 0 Å². The van der Waals surface area contributed by atoms with Gasteiger partial charge in [0.2, 0.25) is 0 Å². The lowest BCUT2D eigenvalue weighted by Crippen LogP contribution is -2.70. The number of hydrogen-bond donors (Lipinski definition) is 0. The molecule has 0 amide bonds. The molecule has 0 unspecified atom stereocenters. The van der Waals surface area contributed by atoms with Gasteiger partial charge in [-0.1, -0.05) is 47.5 Å². The number of Topliss-reactive ketones (excluding diaryl/α,β-unsaturated/α-hetero) is 2. The molecule has 0 bridgehead atoms. The predicted molar refractivity (Wildman–Crippen MR) is 95.6 cm³/mol. The van der Waals surface area contributed by atoms with E-state index in [1.165, 1.54) is 32.1 Å². The van der Waals surface area contributed by atoms with E-state index in [1.54, 1.807) is 0 Å². The molecule has 0 aliphatic heterocycles. The van der Waals surface area contributed by atoms with Gasteiger partial charge in [0.25, 0.3) is 0 Å². The van der Waals surface area contributed by atoms with Crippen LogP contribution < -0.4 is 0 Å². The molecule has 0 saturated heterocycles. The van der Waals surface area contributed by atoms with E-state index in [2.05, 4.69) is 34.6 Å². The summed E-state index contributed by atoms with van der Waals surface area (Å²) in [7, 11) is 0. The Morgan fingerprint density at radius 1 is 0.833 bits per heavy atom. The molecule has 0 radical (unpaired) electrons. The fourth-order valence-electron chi connectivity index (χ4n) is 8.22. The Bertz CT molecular complexity index is 623. The minimum absolute atomic E-state index is 0.0190. The van der Waals surface area contributed by atoms with E-state index in [-0.39, 0.29) is 27.1 Å². The zero-order valence-corrected chi connectivity index (χ0v) is 16.3. The van der Waals surface area contributed by atoms with Gasteiger partial charge in [-0.25, -0.2) is 0 Å². The molecule has 2 heteroatoms. The zero-order chi connectivity index (χ0) is 17.6. The third-order valence-corrected chi connectivity index (χ3v) is 10.4. The highest BCUT2D eigenvalue weighted by atomic mass is 16.1. The van der Waals surface area contributed by atoms with Crippen LogP contribution >= 0.6 is 0 Å². The minimum Gasteiger partial charge on any atom is -0.299 e. The van der Waals surface area contributed by atoms with E-state index in [9.17, 15) is 9.59 Å². The first-order valence-electron chi connectivity index (χ1n) is 10.1. The molecule has 24 heavy (non-hydrogen) atoms. The van der Waals surface area contributed by atoms with Crippen molar-refractivity contribution in [1.29, 1.82) is 0 Å². The summed E-state index contributed by atoms with van der Waals surface area (Å²) >= 11 is 0. The smallest absolute Gasteiger partial charge is 0.140 e. The lowest BCUT2D eigenvalue weighted by Gasteiger charge is -2.72. The first-order valence-corrected chi connectivity index (χ1v) is 10.1. The van der Waals surface area contributed by atoms with Gasteiger partial charge < -0.3 is 0 Å². The Morgan fingerprint density at radius 3 is 2.21 bits per heavy atom. The summed E-state index contributed by atoms with van der Waals surface area (Å²) in [6.07, 6.45) is 9.54. The van der Waals surface area contributed by atoms with Crippen LogP contribution in [0, 0.1) is 33.0 Å². The maximum atomic E-state index is 13.7. The van der Waals surface area contributed by atoms with Gasteiger partial charge in [0.15, 0.2) is 0 Å². The lowest BCUT2D eigenvalue weighted by molar-refractivity contribution is -0.235. The zero-order valence-electron chi connectivity index (χ0n) is 16.3. The van der Waals surface area contributed by atoms with Crippen LogP contribution in [0.15, 0.2) is 0 Å². The van der Waals surface area contributed by atoms with Crippen molar-refractivity contribution >= 4 is 11.6 Å². The first-order chi connectivity index (χ1) is 11.1. The minimum atomic E-state index is -0.385. The van der Waals surface area contributed by atoms with Gasteiger partial charge in [0.1, 0.15) is 11.6 Å². The number of hydrogen-bond acceptors (Lipinski definition) is 2. The summed E-state index contributed by atoms with van der Waals surface area (Å²) in [6.45, 7) is 11.7. The Balaban J connectivity index is 1.91. The molecule has 0 aromatic carbocycles. The van der Waals surface area contributed by atoms with E-state index in [4.69, 9.17) is 0 Å². The molecule has 0 spiro atoms. The van der Waals surface area contributed by atoms with Gasteiger partial charge in [0, 0.05) is 23.7 Å².